The Balaban J connectivity index is 1.75. The quantitative estimate of drug-likeness (QED) is 0.0801. The van der Waals surface area contributed by atoms with Crippen molar-refractivity contribution in [3.63, 3.8) is 0 Å². The summed E-state index contributed by atoms with van der Waals surface area (Å²) in [5.74, 6) is 1.39. The Hall–Kier alpha value is -1.61. The monoisotopic (exact) mass is 528 g/mol. The van der Waals surface area contributed by atoms with Gasteiger partial charge in [-0.15, -0.1) is 0 Å². The van der Waals surface area contributed by atoms with Crippen molar-refractivity contribution < 1.29 is 14.3 Å². The molecule has 0 atom stereocenters. The highest BCUT2D eigenvalue weighted by atomic mass is 16.5. The van der Waals surface area contributed by atoms with Crippen LogP contribution >= 0.6 is 0 Å². The molecule has 0 radical (unpaired) electrons. The number of allylic oxidation sites excluding steroid dienone is 2. The summed E-state index contributed by atoms with van der Waals surface area (Å²) in [5.41, 5.74) is 1.20. The van der Waals surface area contributed by atoms with Crippen molar-refractivity contribution in [2.45, 2.75) is 155 Å². The van der Waals surface area contributed by atoms with Crippen LogP contribution in [0, 0.1) is 0 Å². The molecule has 0 saturated carbocycles. The number of benzene rings is 1. The fourth-order valence-corrected chi connectivity index (χ4v) is 4.84. The van der Waals surface area contributed by atoms with Crippen molar-refractivity contribution in [2.75, 3.05) is 13.7 Å². The Morgan fingerprint density at radius 1 is 0.632 bits per heavy atom. The molecule has 0 N–H and O–H groups in total. The van der Waals surface area contributed by atoms with Crippen molar-refractivity contribution in [2.24, 2.45) is 0 Å². The molecule has 0 saturated heterocycles. The lowest BCUT2D eigenvalue weighted by atomic mass is 10.0. The number of hydrogen-bond donors (Lipinski definition) is 0. The van der Waals surface area contributed by atoms with E-state index in [1.807, 2.05) is 12.1 Å². The van der Waals surface area contributed by atoms with Gasteiger partial charge in [0.2, 0.25) is 0 Å². The summed E-state index contributed by atoms with van der Waals surface area (Å²) in [6, 6.07) is 8.10. The summed E-state index contributed by atoms with van der Waals surface area (Å²) >= 11 is 0. The molecule has 0 heterocycles. The largest absolute Gasteiger partial charge is 0.497 e. The maximum absolute atomic E-state index is 12.0. The van der Waals surface area contributed by atoms with Crippen molar-refractivity contribution >= 4 is 5.78 Å². The summed E-state index contributed by atoms with van der Waals surface area (Å²) in [6.45, 7) is 3.79. The summed E-state index contributed by atoms with van der Waals surface area (Å²) < 4.78 is 11.0. The molecule has 0 bridgehead atoms. The Labute approximate surface area is 236 Å². The SMILES string of the molecule is CCCCCCCCCC(=O)CCCCCCCCC/C=C\CCCCCCOCc1ccc(OC)cc1. The van der Waals surface area contributed by atoms with Gasteiger partial charge in [-0.25, -0.2) is 0 Å². The zero-order valence-corrected chi connectivity index (χ0v) is 25.2. The Morgan fingerprint density at radius 3 is 1.63 bits per heavy atom. The van der Waals surface area contributed by atoms with Crippen LogP contribution < -0.4 is 4.74 Å². The first-order chi connectivity index (χ1) is 18.8. The van der Waals surface area contributed by atoms with E-state index in [0.717, 1.165) is 44.5 Å². The zero-order valence-electron chi connectivity index (χ0n) is 25.2. The third-order valence-corrected chi connectivity index (χ3v) is 7.39. The van der Waals surface area contributed by atoms with Gasteiger partial charge in [0.15, 0.2) is 0 Å². The maximum Gasteiger partial charge on any atom is 0.132 e. The number of ketones is 1. The number of hydrogen-bond acceptors (Lipinski definition) is 3. The van der Waals surface area contributed by atoms with E-state index in [-0.39, 0.29) is 0 Å². The normalized spacial score (nSPS) is 11.4. The van der Waals surface area contributed by atoms with E-state index in [1.165, 1.54) is 115 Å². The topological polar surface area (TPSA) is 35.5 Å². The van der Waals surface area contributed by atoms with E-state index in [2.05, 4.69) is 31.2 Å². The Bertz CT molecular complexity index is 664. The number of carbonyl (C=O) groups excluding carboxylic acids is 1. The van der Waals surface area contributed by atoms with Crippen LogP contribution in [0.5, 0.6) is 5.75 Å². The van der Waals surface area contributed by atoms with Gasteiger partial charge in [-0.2, -0.15) is 0 Å². The zero-order chi connectivity index (χ0) is 27.4. The first-order valence-corrected chi connectivity index (χ1v) is 16.1. The highest BCUT2D eigenvalue weighted by Crippen LogP contribution is 2.14. The molecule has 38 heavy (non-hydrogen) atoms. The standard InChI is InChI=1S/C35H60O3/c1-3-4-5-6-16-19-22-25-34(36)26-23-20-17-14-12-10-8-7-9-11-13-15-18-21-24-31-38-32-33-27-29-35(37-2)30-28-33/h9,11,27-30H,3-8,10,12-26,31-32H2,1-2H3/b11-9-. The highest BCUT2D eigenvalue weighted by molar-refractivity contribution is 5.78. The van der Waals surface area contributed by atoms with Crippen LogP contribution in [0.1, 0.15) is 154 Å². The van der Waals surface area contributed by atoms with Crippen LogP contribution in [-0.2, 0) is 16.1 Å². The molecule has 0 fully saturated rings. The summed E-state index contributed by atoms with van der Waals surface area (Å²) in [5, 5.41) is 0. The molecule has 1 aromatic rings. The van der Waals surface area contributed by atoms with E-state index < -0.39 is 0 Å². The molecule has 0 aliphatic heterocycles. The van der Waals surface area contributed by atoms with Crippen molar-refractivity contribution in [1.29, 1.82) is 0 Å². The molecular weight excluding hydrogens is 468 g/mol. The number of Topliss-reactive ketones (excluding diaryl/α,β-unsaturated/α-hetero) is 1. The van der Waals surface area contributed by atoms with Gasteiger partial charge in [0.1, 0.15) is 11.5 Å². The second-order valence-electron chi connectivity index (χ2n) is 11.0. The molecular formula is C35H60O3. The van der Waals surface area contributed by atoms with Crippen LogP contribution in [0.3, 0.4) is 0 Å². The number of carbonyl (C=O) groups is 1. The molecule has 1 aromatic carbocycles. The first-order valence-electron chi connectivity index (χ1n) is 16.1. The minimum Gasteiger partial charge on any atom is -0.497 e. The molecule has 0 amide bonds. The predicted molar refractivity (Wildman–Crippen MR) is 164 cm³/mol. The van der Waals surface area contributed by atoms with E-state index in [4.69, 9.17) is 9.47 Å². The summed E-state index contributed by atoms with van der Waals surface area (Å²) in [4.78, 5) is 12.0. The number of unbranched alkanes of at least 4 members (excludes halogenated alkanes) is 17. The van der Waals surface area contributed by atoms with E-state index >= 15 is 0 Å². The summed E-state index contributed by atoms with van der Waals surface area (Å²) in [6.07, 6.45) is 31.9. The smallest absolute Gasteiger partial charge is 0.132 e. The Kier molecular flexibility index (Phi) is 24.4. The van der Waals surface area contributed by atoms with Crippen LogP contribution in [0.2, 0.25) is 0 Å². The molecule has 0 aliphatic rings. The lowest BCUT2D eigenvalue weighted by molar-refractivity contribution is -0.119. The minimum atomic E-state index is 0.500. The fourth-order valence-electron chi connectivity index (χ4n) is 4.84. The second-order valence-corrected chi connectivity index (χ2v) is 11.0. The number of methoxy groups -OCH3 is 1. The number of rotatable bonds is 28. The fraction of sp³-hybridized carbons (Fsp3) is 0.743. The van der Waals surface area contributed by atoms with Gasteiger partial charge in [-0.3, -0.25) is 4.79 Å². The number of ether oxygens (including phenoxy) is 2. The van der Waals surface area contributed by atoms with Gasteiger partial charge in [-0.05, 0) is 62.6 Å². The predicted octanol–water partition coefficient (Wildman–Crippen LogP) is 10.9. The second kappa shape index (κ2) is 27.0. The molecule has 0 unspecified atom stereocenters. The maximum atomic E-state index is 12.0. The van der Waals surface area contributed by atoms with Crippen molar-refractivity contribution in [3.05, 3.63) is 42.0 Å². The first kappa shape index (κ1) is 34.4. The van der Waals surface area contributed by atoms with Gasteiger partial charge in [-0.1, -0.05) is 115 Å². The van der Waals surface area contributed by atoms with Gasteiger partial charge >= 0.3 is 0 Å². The van der Waals surface area contributed by atoms with E-state index in [0.29, 0.717) is 12.4 Å². The lowest BCUT2D eigenvalue weighted by Crippen LogP contribution is -1.97. The molecule has 0 aliphatic carbocycles. The molecule has 1 rings (SSSR count). The van der Waals surface area contributed by atoms with Crippen LogP contribution in [0.4, 0.5) is 0 Å². The van der Waals surface area contributed by atoms with Gasteiger partial charge in [0, 0.05) is 19.4 Å². The third-order valence-electron chi connectivity index (χ3n) is 7.39. The van der Waals surface area contributed by atoms with E-state index in [9.17, 15) is 4.79 Å². The molecule has 3 heteroatoms. The molecule has 218 valence electrons. The average molecular weight is 529 g/mol. The van der Waals surface area contributed by atoms with Crippen LogP contribution in [0.25, 0.3) is 0 Å². The van der Waals surface area contributed by atoms with Gasteiger partial charge in [0.25, 0.3) is 0 Å². The summed E-state index contributed by atoms with van der Waals surface area (Å²) in [7, 11) is 1.69. The van der Waals surface area contributed by atoms with E-state index in [1.54, 1.807) is 7.11 Å². The highest BCUT2D eigenvalue weighted by Gasteiger charge is 2.02. The molecule has 0 aromatic heterocycles. The lowest BCUT2D eigenvalue weighted by Gasteiger charge is -2.05. The van der Waals surface area contributed by atoms with Gasteiger partial charge in [0.05, 0.1) is 13.7 Å². The average Bonchev–Trinajstić information content (AvgIpc) is 2.94. The minimum absolute atomic E-state index is 0.500. The van der Waals surface area contributed by atoms with Crippen molar-refractivity contribution in [1.82, 2.24) is 0 Å². The molecule has 0 spiro atoms. The van der Waals surface area contributed by atoms with Crippen molar-refractivity contribution in [3.8, 4) is 5.75 Å². The van der Waals surface area contributed by atoms with Crippen LogP contribution in [-0.4, -0.2) is 19.5 Å². The van der Waals surface area contributed by atoms with Crippen LogP contribution in [0.15, 0.2) is 36.4 Å². The third kappa shape index (κ3) is 22.4. The van der Waals surface area contributed by atoms with Gasteiger partial charge < -0.3 is 9.47 Å². The molecule has 3 nitrogen and oxygen atoms in total. The Morgan fingerprint density at radius 2 is 1.11 bits per heavy atom.